The molecule has 0 aliphatic carbocycles. The molecule has 0 fully saturated rings. The first kappa shape index (κ1) is 14.1. The molecule has 1 aromatic carbocycles. The lowest BCUT2D eigenvalue weighted by atomic mass is 10.1. The molecular formula is C14H16ClNO3. The fourth-order valence-corrected chi connectivity index (χ4v) is 2.05. The fourth-order valence-electron chi connectivity index (χ4n) is 1.79. The standard InChI is InChI=1S/C14H16ClNO3/c15-13-4-2-1-3-12(13)14(18)8-16-7-10-5-6-11(9-17)19-10/h1-6,14,16-18H,7-9H2. The maximum absolute atomic E-state index is 10.0. The first-order chi connectivity index (χ1) is 9.20. The summed E-state index contributed by atoms with van der Waals surface area (Å²) in [5, 5.41) is 22.5. The van der Waals surface area contributed by atoms with Crippen LogP contribution in [0.3, 0.4) is 0 Å². The lowest BCUT2D eigenvalue weighted by molar-refractivity contribution is 0.173. The molecule has 19 heavy (non-hydrogen) atoms. The summed E-state index contributed by atoms with van der Waals surface area (Å²) in [5.74, 6) is 1.25. The Morgan fingerprint density at radius 2 is 1.89 bits per heavy atom. The number of halogens is 1. The molecule has 0 saturated heterocycles. The van der Waals surface area contributed by atoms with Crippen molar-refractivity contribution < 1.29 is 14.6 Å². The van der Waals surface area contributed by atoms with E-state index in [0.29, 0.717) is 29.4 Å². The van der Waals surface area contributed by atoms with E-state index in [4.69, 9.17) is 21.1 Å². The van der Waals surface area contributed by atoms with Crippen molar-refractivity contribution in [1.82, 2.24) is 5.32 Å². The Hall–Kier alpha value is -1.33. The van der Waals surface area contributed by atoms with E-state index in [1.165, 1.54) is 0 Å². The van der Waals surface area contributed by atoms with Crippen LogP contribution in [-0.4, -0.2) is 16.8 Å². The highest BCUT2D eigenvalue weighted by Gasteiger charge is 2.10. The summed E-state index contributed by atoms with van der Waals surface area (Å²) in [4.78, 5) is 0. The van der Waals surface area contributed by atoms with Crippen LogP contribution < -0.4 is 5.32 Å². The molecule has 102 valence electrons. The van der Waals surface area contributed by atoms with Crippen LogP contribution >= 0.6 is 11.6 Å². The lowest BCUT2D eigenvalue weighted by Crippen LogP contribution is -2.21. The highest BCUT2D eigenvalue weighted by atomic mass is 35.5. The first-order valence-corrected chi connectivity index (χ1v) is 6.40. The average Bonchev–Trinajstić information content (AvgIpc) is 2.87. The Balaban J connectivity index is 1.84. The van der Waals surface area contributed by atoms with Crippen LogP contribution in [0.4, 0.5) is 0 Å². The Labute approximate surface area is 116 Å². The minimum absolute atomic E-state index is 0.109. The zero-order chi connectivity index (χ0) is 13.7. The molecule has 0 bridgehead atoms. The maximum Gasteiger partial charge on any atom is 0.129 e. The highest BCUT2D eigenvalue weighted by Crippen LogP contribution is 2.21. The van der Waals surface area contributed by atoms with E-state index in [2.05, 4.69) is 5.32 Å². The number of benzene rings is 1. The zero-order valence-corrected chi connectivity index (χ0v) is 11.1. The third-order valence-electron chi connectivity index (χ3n) is 2.77. The van der Waals surface area contributed by atoms with Gasteiger partial charge in [-0.2, -0.15) is 0 Å². The van der Waals surface area contributed by atoms with Gasteiger partial charge in [0, 0.05) is 17.1 Å². The molecule has 0 radical (unpaired) electrons. The van der Waals surface area contributed by atoms with Crippen molar-refractivity contribution in [2.24, 2.45) is 0 Å². The van der Waals surface area contributed by atoms with Crippen molar-refractivity contribution in [2.45, 2.75) is 19.3 Å². The second kappa shape index (κ2) is 6.73. The molecule has 1 atom stereocenters. The summed E-state index contributed by atoms with van der Waals surface area (Å²) >= 11 is 6.00. The largest absolute Gasteiger partial charge is 0.462 e. The van der Waals surface area contributed by atoms with Gasteiger partial charge >= 0.3 is 0 Å². The van der Waals surface area contributed by atoms with E-state index in [1.807, 2.05) is 12.1 Å². The van der Waals surface area contributed by atoms with Crippen LogP contribution in [0.5, 0.6) is 0 Å². The van der Waals surface area contributed by atoms with E-state index < -0.39 is 6.10 Å². The van der Waals surface area contributed by atoms with Gasteiger partial charge in [-0.25, -0.2) is 0 Å². The molecule has 1 aromatic heterocycles. The van der Waals surface area contributed by atoms with Gasteiger partial charge in [0.15, 0.2) is 0 Å². The summed E-state index contributed by atoms with van der Waals surface area (Å²) in [5.41, 5.74) is 0.701. The average molecular weight is 282 g/mol. The van der Waals surface area contributed by atoms with Gasteiger partial charge in [0.2, 0.25) is 0 Å². The molecule has 2 rings (SSSR count). The van der Waals surface area contributed by atoms with Crippen LogP contribution in [0, 0.1) is 0 Å². The molecule has 0 aliphatic rings. The van der Waals surface area contributed by atoms with Crippen LogP contribution in [-0.2, 0) is 13.2 Å². The van der Waals surface area contributed by atoms with Gasteiger partial charge in [0.1, 0.15) is 18.1 Å². The second-order valence-electron chi connectivity index (χ2n) is 4.19. The maximum atomic E-state index is 10.0. The third-order valence-corrected chi connectivity index (χ3v) is 3.12. The molecule has 1 heterocycles. The van der Waals surface area contributed by atoms with Gasteiger partial charge in [-0.05, 0) is 18.2 Å². The van der Waals surface area contributed by atoms with Crippen LogP contribution in [0.15, 0.2) is 40.8 Å². The predicted octanol–water partition coefficient (Wildman–Crippen LogP) is 2.25. The molecule has 5 heteroatoms. The number of hydrogen-bond acceptors (Lipinski definition) is 4. The molecular weight excluding hydrogens is 266 g/mol. The molecule has 0 saturated carbocycles. The first-order valence-electron chi connectivity index (χ1n) is 6.02. The van der Waals surface area contributed by atoms with E-state index in [0.717, 1.165) is 5.76 Å². The number of furan rings is 1. The van der Waals surface area contributed by atoms with Crippen LogP contribution in [0.2, 0.25) is 5.02 Å². The van der Waals surface area contributed by atoms with Crippen molar-refractivity contribution in [3.8, 4) is 0 Å². The molecule has 2 aromatic rings. The predicted molar refractivity (Wildman–Crippen MR) is 72.7 cm³/mol. The molecule has 0 spiro atoms. The minimum atomic E-state index is -0.666. The number of rotatable bonds is 6. The van der Waals surface area contributed by atoms with Crippen molar-refractivity contribution >= 4 is 11.6 Å². The van der Waals surface area contributed by atoms with Crippen molar-refractivity contribution in [1.29, 1.82) is 0 Å². The summed E-state index contributed by atoms with van der Waals surface area (Å²) in [6.45, 7) is 0.753. The molecule has 1 unspecified atom stereocenters. The molecule has 0 amide bonds. The smallest absolute Gasteiger partial charge is 0.129 e. The van der Waals surface area contributed by atoms with E-state index in [1.54, 1.807) is 24.3 Å². The molecule has 4 nitrogen and oxygen atoms in total. The van der Waals surface area contributed by atoms with Gasteiger partial charge in [0.25, 0.3) is 0 Å². The summed E-state index contributed by atoms with van der Waals surface area (Å²) in [7, 11) is 0. The van der Waals surface area contributed by atoms with Gasteiger partial charge in [-0.15, -0.1) is 0 Å². The fraction of sp³-hybridized carbons (Fsp3) is 0.286. The topological polar surface area (TPSA) is 65.6 Å². The van der Waals surface area contributed by atoms with E-state index in [9.17, 15) is 5.11 Å². The zero-order valence-electron chi connectivity index (χ0n) is 10.3. The Bertz CT molecular complexity index is 527. The summed E-state index contributed by atoms with van der Waals surface area (Å²) in [6.07, 6.45) is -0.666. The molecule has 3 N–H and O–H groups in total. The lowest BCUT2D eigenvalue weighted by Gasteiger charge is -2.13. The monoisotopic (exact) mass is 281 g/mol. The Morgan fingerprint density at radius 3 is 2.58 bits per heavy atom. The SMILES string of the molecule is OCc1ccc(CNCC(O)c2ccccc2Cl)o1. The summed E-state index contributed by atoms with van der Waals surface area (Å²) < 4.78 is 5.32. The number of aliphatic hydroxyl groups is 2. The van der Waals surface area contributed by atoms with Gasteiger partial charge in [-0.3, -0.25) is 0 Å². The van der Waals surface area contributed by atoms with Gasteiger partial charge in [-0.1, -0.05) is 29.8 Å². The normalized spacial score (nSPS) is 12.6. The highest BCUT2D eigenvalue weighted by molar-refractivity contribution is 6.31. The van der Waals surface area contributed by atoms with E-state index in [-0.39, 0.29) is 6.61 Å². The van der Waals surface area contributed by atoms with Gasteiger partial charge < -0.3 is 19.9 Å². The van der Waals surface area contributed by atoms with E-state index >= 15 is 0 Å². The summed E-state index contributed by atoms with van der Waals surface area (Å²) in [6, 6.07) is 10.7. The van der Waals surface area contributed by atoms with Crippen LogP contribution in [0.1, 0.15) is 23.2 Å². The third kappa shape index (κ3) is 3.81. The van der Waals surface area contributed by atoms with Crippen molar-refractivity contribution in [2.75, 3.05) is 6.54 Å². The minimum Gasteiger partial charge on any atom is -0.462 e. The van der Waals surface area contributed by atoms with Gasteiger partial charge in [0.05, 0.1) is 12.6 Å². The van der Waals surface area contributed by atoms with Crippen molar-refractivity contribution in [3.05, 3.63) is 58.5 Å². The number of nitrogens with one attached hydrogen (secondary N) is 1. The number of aliphatic hydroxyl groups excluding tert-OH is 2. The number of hydrogen-bond donors (Lipinski definition) is 3. The second-order valence-corrected chi connectivity index (χ2v) is 4.60. The van der Waals surface area contributed by atoms with Crippen molar-refractivity contribution in [3.63, 3.8) is 0 Å². The Kier molecular flexibility index (Phi) is 4.99. The molecule has 0 aliphatic heterocycles. The quantitative estimate of drug-likeness (QED) is 0.760. The Morgan fingerprint density at radius 1 is 1.16 bits per heavy atom. The van der Waals surface area contributed by atoms with Crippen LogP contribution in [0.25, 0.3) is 0 Å².